The number of nitrogens with zero attached hydrogens (tertiary/aromatic N) is 4. The molecule has 4 N–H and O–H groups in total. The number of rotatable bonds is 16. The molecule has 57 heavy (non-hydrogen) atoms. The Morgan fingerprint density at radius 3 is 2.49 bits per heavy atom. The lowest BCUT2D eigenvalue weighted by molar-refractivity contribution is -0.146. The number of aliphatic hydroxyl groups is 1. The molecular weight excluding hydrogens is 744 g/mol. The first-order chi connectivity index (χ1) is 27.5. The number of benzene rings is 2. The largest absolute Gasteiger partial charge is 0.444 e. The van der Waals surface area contributed by atoms with Crippen molar-refractivity contribution in [2.45, 2.75) is 51.0 Å². The smallest absolute Gasteiger partial charge is 0.407 e. The highest BCUT2D eigenvalue weighted by Crippen LogP contribution is 2.38. The highest BCUT2D eigenvalue weighted by Gasteiger charge is 2.42. The topological polar surface area (TPSA) is 184 Å². The van der Waals surface area contributed by atoms with Crippen molar-refractivity contribution in [3.05, 3.63) is 89.9 Å². The number of alkyl carbamates (subject to hydrolysis) is 1. The molecule has 3 aliphatic rings. The summed E-state index contributed by atoms with van der Waals surface area (Å²) in [5.74, 6) is -3.35. The van der Waals surface area contributed by atoms with Crippen LogP contribution in [0.2, 0.25) is 0 Å². The van der Waals surface area contributed by atoms with E-state index in [1.165, 1.54) is 6.92 Å². The van der Waals surface area contributed by atoms with Gasteiger partial charge < -0.3 is 40.0 Å². The molecule has 2 fully saturated rings. The predicted molar refractivity (Wildman–Crippen MR) is 201 cm³/mol. The minimum Gasteiger partial charge on any atom is -0.444 e. The Balaban J connectivity index is 1.19. The molecule has 1 aromatic heterocycles. The summed E-state index contributed by atoms with van der Waals surface area (Å²) in [5.41, 5.74) is 1.06. The number of halogens is 2. The van der Waals surface area contributed by atoms with Crippen LogP contribution in [0, 0.1) is 23.5 Å². The van der Waals surface area contributed by atoms with Crippen molar-refractivity contribution in [1.82, 2.24) is 35.3 Å². The normalized spacial score (nSPS) is 19.4. The van der Waals surface area contributed by atoms with E-state index in [9.17, 15) is 33.5 Å². The number of hydrogen-bond donors (Lipinski definition) is 4. The van der Waals surface area contributed by atoms with E-state index in [1.54, 1.807) is 11.1 Å². The first-order valence-corrected chi connectivity index (χ1v) is 19.1. The van der Waals surface area contributed by atoms with Gasteiger partial charge in [0.05, 0.1) is 11.7 Å². The van der Waals surface area contributed by atoms with E-state index >= 15 is 4.39 Å². The molecule has 3 aromatic rings. The molecule has 0 bridgehead atoms. The van der Waals surface area contributed by atoms with Gasteiger partial charge in [0.15, 0.2) is 0 Å². The van der Waals surface area contributed by atoms with Crippen LogP contribution >= 0.6 is 0 Å². The molecule has 0 spiro atoms. The molecule has 17 heteroatoms. The zero-order valence-electron chi connectivity index (χ0n) is 31.6. The summed E-state index contributed by atoms with van der Waals surface area (Å²) >= 11 is 0. The van der Waals surface area contributed by atoms with E-state index in [2.05, 4.69) is 16.0 Å². The lowest BCUT2D eigenvalue weighted by atomic mass is 9.88. The van der Waals surface area contributed by atoms with Gasteiger partial charge in [-0.3, -0.25) is 24.1 Å². The van der Waals surface area contributed by atoms with Gasteiger partial charge in [0, 0.05) is 95.3 Å². The maximum absolute atomic E-state index is 15.2. The number of aromatic nitrogens is 2. The van der Waals surface area contributed by atoms with Gasteiger partial charge in [0.1, 0.15) is 29.7 Å². The monoisotopic (exact) mass is 791 g/mol. The number of hydrogen-bond acceptors (Lipinski definition) is 10. The summed E-state index contributed by atoms with van der Waals surface area (Å²) < 4.78 is 43.0. The molecule has 0 saturated carbocycles. The number of ether oxygens (including phenoxy) is 2. The van der Waals surface area contributed by atoms with E-state index in [4.69, 9.17) is 14.5 Å². The predicted octanol–water partition coefficient (Wildman–Crippen LogP) is 2.30. The average molecular weight is 792 g/mol. The second kappa shape index (κ2) is 19.1. The lowest BCUT2D eigenvalue weighted by Gasteiger charge is -2.40. The SMILES string of the molecule is C[C@H](O)C(=O)N(C[C@@H]1CNC[C@H]1OC(=O)NCCC(=O)NCCN1C(=O)C=CC1=O)[C@@H](c1nc(-c2cc(F)ccc2F)cn1Cc1ccccc1)C1CCOCC1. The van der Waals surface area contributed by atoms with Gasteiger partial charge in [0.25, 0.3) is 17.7 Å². The van der Waals surface area contributed by atoms with Crippen LogP contribution in [-0.4, -0.2) is 119 Å². The summed E-state index contributed by atoms with van der Waals surface area (Å²) in [4.78, 5) is 70.3. The van der Waals surface area contributed by atoms with E-state index in [-0.39, 0.29) is 56.3 Å². The lowest BCUT2D eigenvalue weighted by Crippen LogP contribution is -2.49. The highest BCUT2D eigenvalue weighted by molar-refractivity contribution is 6.12. The Kier molecular flexibility index (Phi) is 13.8. The van der Waals surface area contributed by atoms with Gasteiger partial charge in [-0.05, 0) is 49.4 Å². The van der Waals surface area contributed by atoms with Crippen LogP contribution in [0.15, 0.2) is 66.9 Å². The third-order valence-electron chi connectivity index (χ3n) is 10.3. The molecule has 304 valence electrons. The Hall–Kier alpha value is -5.52. The molecule has 6 rings (SSSR count). The van der Waals surface area contributed by atoms with E-state index in [0.29, 0.717) is 45.0 Å². The van der Waals surface area contributed by atoms with Crippen LogP contribution in [0.4, 0.5) is 13.6 Å². The van der Waals surface area contributed by atoms with Crippen LogP contribution in [0.1, 0.15) is 43.6 Å². The molecule has 3 aliphatic heterocycles. The van der Waals surface area contributed by atoms with Crippen LogP contribution < -0.4 is 16.0 Å². The number of nitrogens with one attached hydrogen (secondary N) is 3. The van der Waals surface area contributed by atoms with Gasteiger partial charge in [-0.25, -0.2) is 18.6 Å². The molecule has 0 radical (unpaired) electrons. The van der Waals surface area contributed by atoms with Gasteiger partial charge in [0.2, 0.25) is 5.91 Å². The maximum Gasteiger partial charge on any atom is 0.407 e. The summed E-state index contributed by atoms with van der Waals surface area (Å²) in [7, 11) is 0. The van der Waals surface area contributed by atoms with Gasteiger partial charge in [-0.1, -0.05) is 30.3 Å². The van der Waals surface area contributed by atoms with Crippen molar-refractivity contribution in [1.29, 1.82) is 0 Å². The van der Waals surface area contributed by atoms with Gasteiger partial charge in [-0.2, -0.15) is 0 Å². The number of aliphatic hydroxyl groups excluding tert-OH is 1. The van der Waals surface area contributed by atoms with Crippen molar-refractivity contribution < 1.29 is 47.3 Å². The van der Waals surface area contributed by atoms with Crippen molar-refractivity contribution >= 4 is 29.7 Å². The van der Waals surface area contributed by atoms with E-state index < -0.39 is 65.5 Å². The molecule has 4 atom stereocenters. The number of imidazole rings is 1. The first-order valence-electron chi connectivity index (χ1n) is 19.1. The fourth-order valence-corrected chi connectivity index (χ4v) is 7.40. The molecule has 2 saturated heterocycles. The molecule has 0 aliphatic carbocycles. The summed E-state index contributed by atoms with van der Waals surface area (Å²) in [6.45, 7) is 3.28. The maximum atomic E-state index is 15.2. The molecule has 2 aromatic carbocycles. The van der Waals surface area contributed by atoms with Crippen molar-refractivity contribution in [3.8, 4) is 11.3 Å². The summed E-state index contributed by atoms with van der Waals surface area (Å²) in [5, 5.41) is 19.2. The van der Waals surface area contributed by atoms with Crippen LogP contribution in [-0.2, 0) is 35.2 Å². The van der Waals surface area contributed by atoms with Gasteiger partial charge >= 0.3 is 6.09 Å². The summed E-state index contributed by atoms with van der Waals surface area (Å²) in [6.07, 6.45) is 2.14. The number of carbonyl (C=O) groups is 5. The molecule has 4 heterocycles. The standard InChI is InChI=1S/C40H47F2N7O8/c1-25(50)39(54)49(23-28-20-43-21-33(28)57-40(55)45-14-11-34(51)44-15-16-48-35(52)9-10-36(48)53)37(27-12-17-56-18-13-27)38-46-32(30-19-29(41)7-8-31(30)42)24-47(38)22-26-5-3-2-4-6-26/h2-10,19,24-25,27-28,33,37,43,50H,11-18,20-23H2,1H3,(H,44,51)(H,45,55)/t25-,28-,33+,37+/m0/s1. The summed E-state index contributed by atoms with van der Waals surface area (Å²) in [6, 6.07) is 11.9. The third-order valence-corrected chi connectivity index (χ3v) is 10.3. The van der Waals surface area contributed by atoms with Crippen molar-refractivity contribution in [3.63, 3.8) is 0 Å². The molecule has 0 unspecified atom stereocenters. The third kappa shape index (κ3) is 10.5. The Labute approximate surface area is 328 Å². The number of carbonyl (C=O) groups excluding carboxylic acids is 5. The Bertz CT molecular complexity index is 1930. The average Bonchev–Trinajstić information content (AvgIpc) is 3.91. The van der Waals surface area contributed by atoms with Crippen LogP contribution in [0.25, 0.3) is 11.3 Å². The van der Waals surface area contributed by atoms with Gasteiger partial charge in [-0.15, -0.1) is 0 Å². The van der Waals surface area contributed by atoms with Crippen molar-refractivity contribution in [2.75, 3.05) is 52.5 Å². The quantitative estimate of drug-likeness (QED) is 0.157. The minimum atomic E-state index is -1.40. The molecule has 5 amide bonds. The zero-order chi connectivity index (χ0) is 40.5. The van der Waals surface area contributed by atoms with Crippen LogP contribution in [0.5, 0.6) is 0 Å². The second-order valence-electron chi connectivity index (χ2n) is 14.3. The first kappa shape index (κ1) is 41.1. The Morgan fingerprint density at radius 1 is 1.04 bits per heavy atom. The Morgan fingerprint density at radius 2 is 1.77 bits per heavy atom. The molecule has 15 nitrogen and oxygen atoms in total. The fourth-order valence-electron chi connectivity index (χ4n) is 7.40. The van der Waals surface area contributed by atoms with E-state index in [0.717, 1.165) is 40.8 Å². The highest BCUT2D eigenvalue weighted by atomic mass is 19.1. The minimum absolute atomic E-state index is 0.0214. The second-order valence-corrected chi connectivity index (χ2v) is 14.3. The van der Waals surface area contributed by atoms with E-state index in [1.807, 2.05) is 34.9 Å². The van der Waals surface area contributed by atoms with Crippen molar-refractivity contribution in [2.24, 2.45) is 11.8 Å². The fraction of sp³-hybridized carbons (Fsp3) is 0.450. The molecular formula is C40H47F2N7O8. The zero-order valence-corrected chi connectivity index (χ0v) is 31.6. The van der Waals surface area contributed by atoms with Crippen LogP contribution in [0.3, 0.4) is 0 Å². The number of imide groups is 1. The number of amides is 5.